The summed E-state index contributed by atoms with van der Waals surface area (Å²) in [6.07, 6.45) is 1.54. The van der Waals surface area contributed by atoms with E-state index >= 15 is 0 Å². The third kappa shape index (κ3) is 4.71. The zero-order valence-corrected chi connectivity index (χ0v) is 15.6. The predicted octanol–water partition coefficient (Wildman–Crippen LogP) is 4.70. The van der Waals surface area contributed by atoms with Crippen LogP contribution in [0.1, 0.15) is 26.5 Å². The Morgan fingerprint density at radius 3 is 2.73 bits per heavy atom. The fraction of sp³-hybridized carbons (Fsp3) is 0.0556. The maximum absolute atomic E-state index is 12.2. The summed E-state index contributed by atoms with van der Waals surface area (Å²) in [4.78, 5) is 28.2. The highest BCUT2D eigenvalue weighted by atomic mass is 79.9. The molecule has 0 atom stereocenters. The first-order valence-electron chi connectivity index (χ1n) is 7.45. The first-order valence-corrected chi connectivity index (χ1v) is 8.62. The monoisotopic (exact) mass is 434 g/mol. The number of nitrogens with one attached hydrogen (secondary N) is 1. The summed E-state index contributed by atoms with van der Waals surface area (Å²) < 4.78 is 10.9. The van der Waals surface area contributed by atoms with Crippen LogP contribution in [-0.2, 0) is 11.3 Å². The van der Waals surface area contributed by atoms with Crippen LogP contribution in [0.5, 0.6) is 0 Å². The molecule has 0 bridgehead atoms. The summed E-state index contributed by atoms with van der Waals surface area (Å²) in [5, 5.41) is 3.03. The molecular weight excluding hydrogens is 424 g/mol. The Bertz CT molecular complexity index is 940. The van der Waals surface area contributed by atoms with E-state index in [0.29, 0.717) is 21.1 Å². The van der Waals surface area contributed by atoms with Crippen molar-refractivity contribution < 1.29 is 18.7 Å². The zero-order valence-electron chi connectivity index (χ0n) is 13.2. The molecule has 3 rings (SSSR count). The lowest BCUT2D eigenvalue weighted by Crippen LogP contribution is -2.12. The highest BCUT2D eigenvalue weighted by Gasteiger charge is 2.13. The van der Waals surface area contributed by atoms with Gasteiger partial charge < -0.3 is 14.5 Å². The molecule has 0 spiro atoms. The SMILES string of the molecule is O=C(OCc1ccc(Cl)nc1)c1cccc(NC(=O)c2ccc(Br)o2)c1. The van der Waals surface area contributed by atoms with Crippen LogP contribution in [0.15, 0.2) is 63.8 Å². The second kappa shape index (κ2) is 8.16. The molecule has 0 fully saturated rings. The molecule has 6 nitrogen and oxygen atoms in total. The van der Waals surface area contributed by atoms with Gasteiger partial charge in [-0.1, -0.05) is 23.7 Å². The number of pyridine rings is 1. The van der Waals surface area contributed by atoms with Crippen molar-refractivity contribution in [3.63, 3.8) is 0 Å². The fourth-order valence-electron chi connectivity index (χ4n) is 2.08. The Kier molecular flexibility index (Phi) is 5.70. The summed E-state index contributed by atoms with van der Waals surface area (Å²) in [7, 11) is 0. The topological polar surface area (TPSA) is 81.4 Å². The average Bonchev–Trinajstić information content (AvgIpc) is 3.08. The molecule has 1 N–H and O–H groups in total. The minimum atomic E-state index is -0.517. The van der Waals surface area contributed by atoms with Crippen LogP contribution in [0.25, 0.3) is 0 Å². The zero-order chi connectivity index (χ0) is 18.5. The molecule has 0 aliphatic rings. The number of carbonyl (C=O) groups is 2. The number of rotatable bonds is 5. The molecule has 132 valence electrons. The van der Waals surface area contributed by atoms with E-state index in [0.717, 1.165) is 5.56 Å². The predicted molar refractivity (Wildman–Crippen MR) is 99.2 cm³/mol. The van der Waals surface area contributed by atoms with E-state index in [1.807, 2.05) is 0 Å². The van der Waals surface area contributed by atoms with Gasteiger partial charge in [0.15, 0.2) is 10.4 Å². The second-order valence-electron chi connectivity index (χ2n) is 5.20. The number of ether oxygens (including phenoxy) is 1. The maximum atomic E-state index is 12.2. The van der Waals surface area contributed by atoms with Gasteiger partial charge >= 0.3 is 5.97 Å². The molecule has 3 aromatic rings. The molecule has 0 unspecified atom stereocenters. The van der Waals surface area contributed by atoms with Gasteiger partial charge in [0.05, 0.1) is 5.56 Å². The number of furan rings is 1. The Labute approximate surface area is 162 Å². The van der Waals surface area contributed by atoms with Gasteiger partial charge in [-0.05, 0) is 52.3 Å². The number of halogens is 2. The summed E-state index contributed by atoms with van der Waals surface area (Å²) in [5.41, 5.74) is 1.48. The quantitative estimate of drug-likeness (QED) is 0.464. The number of carbonyl (C=O) groups excluding carboxylic acids is 2. The highest BCUT2D eigenvalue weighted by Crippen LogP contribution is 2.17. The largest absolute Gasteiger partial charge is 0.457 e. The Hall–Kier alpha value is -2.64. The van der Waals surface area contributed by atoms with Gasteiger partial charge in [-0.2, -0.15) is 0 Å². The summed E-state index contributed by atoms with van der Waals surface area (Å²) in [5.74, 6) is -0.787. The van der Waals surface area contributed by atoms with Gasteiger partial charge in [0.1, 0.15) is 11.8 Å². The van der Waals surface area contributed by atoms with Gasteiger partial charge in [0.25, 0.3) is 5.91 Å². The van der Waals surface area contributed by atoms with E-state index in [-0.39, 0.29) is 12.4 Å². The molecule has 0 radical (unpaired) electrons. The molecule has 0 saturated heterocycles. The number of hydrogen-bond acceptors (Lipinski definition) is 5. The lowest BCUT2D eigenvalue weighted by molar-refractivity contribution is 0.0472. The number of benzene rings is 1. The van der Waals surface area contributed by atoms with E-state index < -0.39 is 11.9 Å². The van der Waals surface area contributed by atoms with Crippen LogP contribution in [0.3, 0.4) is 0 Å². The minimum absolute atomic E-state index is 0.0695. The van der Waals surface area contributed by atoms with Crippen molar-refractivity contribution in [3.8, 4) is 0 Å². The van der Waals surface area contributed by atoms with Gasteiger partial charge in [0, 0.05) is 17.4 Å². The van der Waals surface area contributed by atoms with Crippen molar-refractivity contribution in [2.24, 2.45) is 0 Å². The van der Waals surface area contributed by atoms with Crippen LogP contribution in [0.2, 0.25) is 5.15 Å². The molecule has 0 aliphatic carbocycles. The van der Waals surface area contributed by atoms with Gasteiger partial charge in [-0.15, -0.1) is 0 Å². The van der Waals surface area contributed by atoms with Crippen molar-refractivity contribution >= 4 is 45.1 Å². The summed E-state index contributed by atoms with van der Waals surface area (Å²) in [6, 6.07) is 12.9. The number of anilines is 1. The molecule has 2 aromatic heterocycles. The lowest BCUT2D eigenvalue weighted by atomic mass is 10.2. The van der Waals surface area contributed by atoms with E-state index in [2.05, 4.69) is 26.2 Å². The minimum Gasteiger partial charge on any atom is -0.457 e. The third-order valence-electron chi connectivity index (χ3n) is 3.31. The van der Waals surface area contributed by atoms with Crippen molar-refractivity contribution in [2.75, 3.05) is 5.32 Å². The summed E-state index contributed by atoms with van der Waals surface area (Å²) in [6.45, 7) is 0.0695. The summed E-state index contributed by atoms with van der Waals surface area (Å²) >= 11 is 8.85. The molecule has 8 heteroatoms. The van der Waals surface area contributed by atoms with Gasteiger partial charge in [-0.3, -0.25) is 4.79 Å². The molecule has 1 amide bonds. The highest BCUT2D eigenvalue weighted by molar-refractivity contribution is 9.10. The Balaban J connectivity index is 1.63. The average molecular weight is 436 g/mol. The maximum Gasteiger partial charge on any atom is 0.338 e. The molecule has 0 aliphatic heterocycles. The smallest absolute Gasteiger partial charge is 0.338 e. The first kappa shape index (κ1) is 18.2. The molecule has 0 saturated carbocycles. The van der Waals surface area contributed by atoms with Crippen LogP contribution in [-0.4, -0.2) is 16.9 Å². The van der Waals surface area contributed by atoms with Gasteiger partial charge in [-0.25, -0.2) is 9.78 Å². The third-order valence-corrected chi connectivity index (χ3v) is 3.96. The molecule has 2 heterocycles. The standard InChI is InChI=1S/C18H12BrClN2O4/c19-15-6-5-14(26-15)17(23)22-13-3-1-2-12(8-13)18(24)25-10-11-4-7-16(20)21-9-11/h1-9H,10H2,(H,22,23). The Morgan fingerprint density at radius 2 is 2.04 bits per heavy atom. The number of hydrogen-bond donors (Lipinski definition) is 1. The first-order chi connectivity index (χ1) is 12.5. The van der Waals surface area contributed by atoms with Crippen LogP contribution >= 0.6 is 27.5 Å². The van der Waals surface area contributed by atoms with Crippen molar-refractivity contribution in [1.82, 2.24) is 4.98 Å². The van der Waals surface area contributed by atoms with Crippen LogP contribution < -0.4 is 5.32 Å². The lowest BCUT2D eigenvalue weighted by Gasteiger charge is -2.07. The van der Waals surface area contributed by atoms with Gasteiger partial charge in [0.2, 0.25) is 0 Å². The van der Waals surface area contributed by atoms with E-state index in [9.17, 15) is 9.59 Å². The number of esters is 1. The second-order valence-corrected chi connectivity index (χ2v) is 6.37. The number of amides is 1. The van der Waals surface area contributed by atoms with Crippen LogP contribution in [0.4, 0.5) is 5.69 Å². The van der Waals surface area contributed by atoms with Crippen molar-refractivity contribution in [2.45, 2.75) is 6.61 Å². The fourth-order valence-corrected chi connectivity index (χ4v) is 2.50. The molecular formula is C18H12BrClN2O4. The number of aromatic nitrogens is 1. The molecule has 26 heavy (non-hydrogen) atoms. The van der Waals surface area contributed by atoms with E-state index in [4.69, 9.17) is 20.8 Å². The normalized spacial score (nSPS) is 10.4. The van der Waals surface area contributed by atoms with E-state index in [1.165, 1.54) is 18.3 Å². The molecule has 1 aromatic carbocycles. The van der Waals surface area contributed by atoms with Crippen LogP contribution in [0, 0.1) is 0 Å². The van der Waals surface area contributed by atoms with E-state index in [1.54, 1.807) is 36.4 Å². The van der Waals surface area contributed by atoms with Crippen molar-refractivity contribution in [3.05, 3.63) is 81.4 Å². The Morgan fingerprint density at radius 1 is 1.19 bits per heavy atom. The number of nitrogens with zero attached hydrogens (tertiary/aromatic N) is 1. The van der Waals surface area contributed by atoms with Crippen molar-refractivity contribution in [1.29, 1.82) is 0 Å².